The SMILES string of the molecule is Cc1cc(C)cc(NC(=O)NCc2nc(N3CCCC3)nc(N3CCOCC3)n2)c1. The summed E-state index contributed by atoms with van der Waals surface area (Å²) in [6, 6.07) is 5.67. The fourth-order valence-corrected chi connectivity index (χ4v) is 3.82. The van der Waals surface area contributed by atoms with Gasteiger partial charge in [-0.1, -0.05) is 6.07 Å². The number of amides is 2. The average molecular weight is 412 g/mol. The second kappa shape index (κ2) is 9.25. The molecule has 2 N–H and O–H groups in total. The lowest BCUT2D eigenvalue weighted by atomic mass is 10.1. The van der Waals surface area contributed by atoms with Crippen molar-refractivity contribution in [3.05, 3.63) is 35.2 Å². The lowest BCUT2D eigenvalue weighted by Crippen LogP contribution is -2.38. The van der Waals surface area contributed by atoms with Crippen LogP contribution in [-0.4, -0.2) is 60.4 Å². The van der Waals surface area contributed by atoms with Crippen molar-refractivity contribution in [2.45, 2.75) is 33.2 Å². The smallest absolute Gasteiger partial charge is 0.319 e. The van der Waals surface area contributed by atoms with Gasteiger partial charge < -0.3 is 25.2 Å². The monoisotopic (exact) mass is 411 g/mol. The third-order valence-electron chi connectivity index (χ3n) is 5.23. The highest BCUT2D eigenvalue weighted by molar-refractivity contribution is 5.89. The molecule has 0 aliphatic carbocycles. The number of nitrogens with zero attached hydrogens (tertiary/aromatic N) is 5. The Balaban J connectivity index is 1.46. The lowest BCUT2D eigenvalue weighted by molar-refractivity contribution is 0.122. The Labute approximate surface area is 176 Å². The molecule has 1 aromatic carbocycles. The van der Waals surface area contributed by atoms with Gasteiger partial charge in [0.25, 0.3) is 0 Å². The number of ether oxygens (including phenoxy) is 1. The van der Waals surface area contributed by atoms with Gasteiger partial charge in [0.05, 0.1) is 19.8 Å². The Bertz CT molecular complexity index is 873. The fraction of sp³-hybridized carbons (Fsp3) is 0.524. The van der Waals surface area contributed by atoms with E-state index in [0.29, 0.717) is 30.9 Å². The molecule has 0 unspecified atom stereocenters. The van der Waals surface area contributed by atoms with Gasteiger partial charge >= 0.3 is 6.03 Å². The lowest BCUT2D eigenvalue weighted by Gasteiger charge is -2.28. The Morgan fingerprint density at radius 3 is 2.17 bits per heavy atom. The molecule has 2 saturated heterocycles. The first-order valence-electron chi connectivity index (χ1n) is 10.5. The summed E-state index contributed by atoms with van der Waals surface area (Å²) in [6.07, 6.45) is 2.29. The van der Waals surface area contributed by atoms with Crippen molar-refractivity contribution in [2.75, 3.05) is 54.5 Å². The Morgan fingerprint density at radius 1 is 0.933 bits per heavy atom. The molecule has 0 atom stereocenters. The summed E-state index contributed by atoms with van der Waals surface area (Å²) < 4.78 is 5.45. The van der Waals surface area contributed by atoms with Gasteiger partial charge in [-0.15, -0.1) is 0 Å². The number of urea groups is 1. The Morgan fingerprint density at radius 2 is 1.53 bits per heavy atom. The maximum atomic E-state index is 12.4. The molecule has 0 spiro atoms. The largest absolute Gasteiger partial charge is 0.378 e. The van der Waals surface area contributed by atoms with Crippen LogP contribution in [0.5, 0.6) is 0 Å². The normalized spacial score (nSPS) is 16.6. The predicted octanol–water partition coefficient (Wildman–Crippen LogP) is 2.25. The maximum Gasteiger partial charge on any atom is 0.319 e. The highest BCUT2D eigenvalue weighted by Crippen LogP contribution is 2.19. The zero-order valence-electron chi connectivity index (χ0n) is 17.6. The minimum atomic E-state index is -0.281. The molecule has 2 fully saturated rings. The molecule has 2 aliphatic rings. The zero-order valence-corrected chi connectivity index (χ0v) is 17.6. The number of aryl methyl sites for hydroxylation is 2. The fourth-order valence-electron chi connectivity index (χ4n) is 3.82. The van der Waals surface area contributed by atoms with E-state index in [-0.39, 0.29) is 12.6 Å². The van der Waals surface area contributed by atoms with E-state index >= 15 is 0 Å². The van der Waals surface area contributed by atoms with Crippen LogP contribution >= 0.6 is 0 Å². The van der Waals surface area contributed by atoms with Gasteiger partial charge in [-0.2, -0.15) is 15.0 Å². The maximum absolute atomic E-state index is 12.4. The summed E-state index contributed by atoms with van der Waals surface area (Å²) in [5.41, 5.74) is 2.98. The predicted molar refractivity (Wildman–Crippen MR) is 116 cm³/mol. The van der Waals surface area contributed by atoms with Crippen molar-refractivity contribution >= 4 is 23.6 Å². The van der Waals surface area contributed by atoms with Crippen LogP contribution in [0.3, 0.4) is 0 Å². The van der Waals surface area contributed by atoms with Crippen LogP contribution in [0.2, 0.25) is 0 Å². The highest BCUT2D eigenvalue weighted by Gasteiger charge is 2.21. The van der Waals surface area contributed by atoms with Crippen LogP contribution in [-0.2, 0) is 11.3 Å². The number of aromatic nitrogens is 3. The van der Waals surface area contributed by atoms with Crippen molar-refractivity contribution in [3.8, 4) is 0 Å². The van der Waals surface area contributed by atoms with E-state index < -0.39 is 0 Å². The number of hydrogen-bond donors (Lipinski definition) is 2. The molecular weight excluding hydrogens is 382 g/mol. The molecule has 3 heterocycles. The molecule has 2 aromatic rings. The van der Waals surface area contributed by atoms with E-state index in [1.54, 1.807) is 0 Å². The first-order valence-corrected chi connectivity index (χ1v) is 10.5. The van der Waals surface area contributed by atoms with Crippen LogP contribution < -0.4 is 20.4 Å². The molecule has 2 aliphatic heterocycles. The van der Waals surface area contributed by atoms with Gasteiger partial charge in [0.15, 0.2) is 5.82 Å². The standard InChI is InChI=1S/C21H29N7O2/c1-15-11-16(2)13-17(12-15)23-21(29)22-14-18-24-19(27-5-3-4-6-27)26-20(25-18)28-7-9-30-10-8-28/h11-13H,3-10,14H2,1-2H3,(H2,22,23,29). The first kappa shape index (κ1) is 20.3. The highest BCUT2D eigenvalue weighted by atomic mass is 16.5. The number of rotatable bonds is 5. The number of benzene rings is 1. The van der Waals surface area contributed by atoms with Gasteiger partial charge in [0.1, 0.15) is 0 Å². The van der Waals surface area contributed by atoms with Crippen molar-refractivity contribution in [1.82, 2.24) is 20.3 Å². The molecule has 4 rings (SSSR count). The summed E-state index contributed by atoms with van der Waals surface area (Å²) in [6.45, 7) is 8.98. The van der Waals surface area contributed by atoms with E-state index in [2.05, 4.69) is 36.5 Å². The van der Waals surface area contributed by atoms with Gasteiger partial charge in [0.2, 0.25) is 11.9 Å². The number of hydrogen-bond acceptors (Lipinski definition) is 7. The van der Waals surface area contributed by atoms with Gasteiger partial charge in [0, 0.05) is 31.9 Å². The number of carbonyl (C=O) groups is 1. The summed E-state index contributed by atoms with van der Waals surface area (Å²) in [5.74, 6) is 1.90. The molecule has 0 radical (unpaired) electrons. The average Bonchev–Trinajstić information content (AvgIpc) is 3.27. The van der Waals surface area contributed by atoms with Gasteiger partial charge in [-0.25, -0.2) is 4.79 Å². The summed E-state index contributed by atoms with van der Waals surface area (Å²) in [4.78, 5) is 30.6. The topological polar surface area (TPSA) is 95.5 Å². The van der Waals surface area contributed by atoms with E-state index in [1.807, 2.05) is 26.0 Å². The van der Waals surface area contributed by atoms with E-state index in [0.717, 1.165) is 55.8 Å². The number of carbonyl (C=O) groups excluding carboxylic acids is 1. The number of morpholine rings is 1. The molecule has 160 valence electrons. The second-order valence-corrected chi connectivity index (χ2v) is 7.83. The van der Waals surface area contributed by atoms with Crippen molar-refractivity contribution in [3.63, 3.8) is 0 Å². The van der Waals surface area contributed by atoms with Crippen molar-refractivity contribution in [1.29, 1.82) is 0 Å². The number of anilines is 3. The van der Waals surface area contributed by atoms with E-state index in [4.69, 9.17) is 9.72 Å². The Hall–Kier alpha value is -2.94. The van der Waals surface area contributed by atoms with E-state index in [9.17, 15) is 4.79 Å². The molecule has 1 aromatic heterocycles. The third kappa shape index (κ3) is 5.15. The summed E-state index contributed by atoms with van der Waals surface area (Å²) in [5, 5.41) is 5.75. The molecule has 0 bridgehead atoms. The first-order chi connectivity index (χ1) is 14.6. The summed E-state index contributed by atoms with van der Waals surface area (Å²) >= 11 is 0. The molecule has 9 heteroatoms. The molecule has 0 saturated carbocycles. The minimum Gasteiger partial charge on any atom is -0.378 e. The third-order valence-corrected chi connectivity index (χ3v) is 5.23. The molecule has 9 nitrogen and oxygen atoms in total. The van der Waals surface area contributed by atoms with Gasteiger partial charge in [-0.3, -0.25) is 0 Å². The van der Waals surface area contributed by atoms with Crippen molar-refractivity contribution < 1.29 is 9.53 Å². The Kier molecular flexibility index (Phi) is 6.27. The van der Waals surface area contributed by atoms with Crippen LogP contribution in [0, 0.1) is 13.8 Å². The molecular formula is C21H29N7O2. The zero-order chi connectivity index (χ0) is 20.9. The van der Waals surface area contributed by atoms with E-state index in [1.165, 1.54) is 0 Å². The van der Waals surface area contributed by atoms with Crippen LogP contribution in [0.4, 0.5) is 22.4 Å². The quantitative estimate of drug-likeness (QED) is 0.779. The molecule has 2 amide bonds. The second-order valence-electron chi connectivity index (χ2n) is 7.83. The van der Waals surface area contributed by atoms with Gasteiger partial charge in [-0.05, 0) is 49.9 Å². The minimum absolute atomic E-state index is 0.233. The molecule has 30 heavy (non-hydrogen) atoms. The van der Waals surface area contributed by atoms with Crippen molar-refractivity contribution in [2.24, 2.45) is 0 Å². The van der Waals surface area contributed by atoms with Crippen LogP contribution in [0.1, 0.15) is 29.8 Å². The number of nitrogens with one attached hydrogen (secondary N) is 2. The van der Waals surface area contributed by atoms with Crippen LogP contribution in [0.15, 0.2) is 18.2 Å². The summed E-state index contributed by atoms with van der Waals surface area (Å²) in [7, 11) is 0. The van der Waals surface area contributed by atoms with Crippen LogP contribution in [0.25, 0.3) is 0 Å².